The van der Waals surface area contributed by atoms with Crippen LogP contribution in [-0.4, -0.2) is 38.0 Å². The molecular weight excluding hydrogens is 212 g/mol. The zero-order valence-corrected chi connectivity index (χ0v) is 12.1. The van der Waals surface area contributed by atoms with Gasteiger partial charge in [-0.15, -0.1) is 0 Å². The summed E-state index contributed by atoms with van der Waals surface area (Å²) < 4.78 is 0. The van der Waals surface area contributed by atoms with Crippen molar-refractivity contribution in [2.45, 2.75) is 52.4 Å². The van der Waals surface area contributed by atoms with E-state index in [-0.39, 0.29) is 5.91 Å². The van der Waals surface area contributed by atoms with Crippen LogP contribution in [0.5, 0.6) is 0 Å². The molecule has 0 heterocycles. The van der Waals surface area contributed by atoms with E-state index in [1.807, 2.05) is 0 Å². The molecule has 0 saturated carbocycles. The second kappa shape index (κ2) is 10.6. The summed E-state index contributed by atoms with van der Waals surface area (Å²) in [4.78, 5) is 12.9. The first-order chi connectivity index (χ1) is 8.04. The van der Waals surface area contributed by atoms with E-state index in [4.69, 9.17) is 0 Å². The largest absolute Gasteiger partial charge is 0.349 e. The standard InChI is InChI=1S/C14H30N2O/c1-13(2)9-7-5-6-8-11-15-12-10-14(17)16(3)4/h13,15H,5-12H2,1-4H3. The smallest absolute Gasteiger partial charge is 0.223 e. The summed E-state index contributed by atoms with van der Waals surface area (Å²) in [5.41, 5.74) is 0. The van der Waals surface area contributed by atoms with Crippen LogP contribution >= 0.6 is 0 Å². The topological polar surface area (TPSA) is 32.3 Å². The fourth-order valence-corrected chi connectivity index (χ4v) is 1.70. The first kappa shape index (κ1) is 16.4. The molecule has 0 radical (unpaired) electrons. The maximum atomic E-state index is 11.3. The Balaban J connectivity index is 3.11. The number of hydrogen-bond donors (Lipinski definition) is 1. The van der Waals surface area contributed by atoms with Crippen LogP contribution in [0.2, 0.25) is 0 Å². The van der Waals surface area contributed by atoms with Gasteiger partial charge in [-0.2, -0.15) is 0 Å². The molecule has 0 aromatic heterocycles. The number of unbranched alkanes of at least 4 members (excludes halogenated alkanes) is 3. The summed E-state index contributed by atoms with van der Waals surface area (Å²) in [6.07, 6.45) is 7.20. The normalized spacial score (nSPS) is 10.9. The van der Waals surface area contributed by atoms with Crippen LogP contribution in [0.25, 0.3) is 0 Å². The van der Waals surface area contributed by atoms with Crippen LogP contribution in [0.1, 0.15) is 52.4 Å². The van der Waals surface area contributed by atoms with E-state index in [1.165, 1.54) is 32.1 Å². The van der Waals surface area contributed by atoms with Crippen LogP contribution in [-0.2, 0) is 4.79 Å². The molecule has 1 amide bonds. The van der Waals surface area contributed by atoms with E-state index in [2.05, 4.69) is 19.2 Å². The number of carbonyl (C=O) groups excluding carboxylic acids is 1. The Morgan fingerprint density at radius 1 is 1.06 bits per heavy atom. The first-order valence-electron chi connectivity index (χ1n) is 6.95. The summed E-state index contributed by atoms with van der Waals surface area (Å²) in [6.45, 7) is 6.41. The first-order valence-corrected chi connectivity index (χ1v) is 6.95. The average Bonchev–Trinajstić information content (AvgIpc) is 2.25. The number of carbonyl (C=O) groups is 1. The summed E-state index contributed by atoms with van der Waals surface area (Å²) in [6, 6.07) is 0. The number of amides is 1. The average molecular weight is 242 g/mol. The van der Waals surface area contributed by atoms with Gasteiger partial charge in [-0.05, 0) is 18.9 Å². The maximum Gasteiger partial charge on any atom is 0.223 e. The van der Waals surface area contributed by atoms with Gasteiger partial charge >= 0.3 is 0 Å². The van der Waals surface area contributed by atoms with Gasteiger partial charge in [-0.1, -0.05) is 39.5 Å². The molecule has 0 aliphatic heterocycles. The van der Waals surface area contributed by atoms with E-state index in [0.717, 1.165) is 19.0 Å². The minimum atomic E-state index is 0.203. The van der Waals surface area contributed by atoms with Crippen molar-refractivity contribution >= 4 is 5.91 Å². The zero-order valence-electron chi connectivity index (χ0n) is 12.1. The van der Waals surface area contributed by atoms with E-state index in [9.17, 15) is 4.79 Å². The summed E-state index contributed by atoms with van der Waals surface area (Å²) in [5.74, 6) is 1.04. The van der Waals surface area contributed by atoms with E-state index in [1.54, 1.807) is 19.0 Å². The second-order valence-electron chi connectivity index (χ2n) is 5.38. The number of rotatable bonds is 10. The molecule has 3 heteroatoms. The summed E-state index contributed by atoms with van der Waals surface area (Å²) in [5, 5.41) is 3.32. The second-order valence-corrected chi connectivity index (χ2v) is 5.38. The predicted octanol–water partition coefficient (Wildman–Crippen LogP) is 2.66. The van der Waals surface area contributed by atoms with Crippen molar-refractivity contribution in [1.29, 1.82) is 0 Å². The van der Waals surface area contributed by atoms with Gasteiger partial charge in [0, 0.05) is 27.1 Å². The molecule has 17 heavy (non-hydrogen) atoms. The van der Waals surface area contributed by atoms with Crippen LogP contribution in [0.15, 0.2) is 0 Å². The van der Waals surface area contributed by atoms with Gasteiger partial charge < -0.3 is 10.2 Å². The minimum absolute atomic E-state index is 0.203. The van der Waals surface area contributed by atoms with Crippen LogP contribution in [0, 0.1) is 5.92 Å². The van der Waals surface area contributed by atoms with Crippen molar-refractivity contribution in [1.82, 2.24) is 10.2 Å². The Kier molecular flexibility index (Phi) is 10.2. The Morgan fingerprint density at radius 2 is 1.71 bits per heavy atom. The third kappa shape index (κ3) is 11.7. The molecule has 3 nitrogen and oxygen atoms in total. The minimum Gasteiger partial charge on any atom is -0.349 e. The molecule has 0 aliphatic rings. The van der Waals surface area contributed by atoms with Crippen molar-refractivity contribution in [2.75, 3.05) is 27.2 Å². The van der Waals surface area contributed by atoms with Crippen LogP contribution in [0.3, 0.4) is 0 Å². The molecule has 0 aromatic carbocycles. The number of hydrogen-bond acceptors (Lipinski definition) is 2. The highest BCUT2D eigenvalue weighted by molar-refractivity contribution is 5.75. The van der Waals surface area contributed by atoms with Crippen molar-refractivity contribution in [2.24, 2.45) is 5.92 Å². The van der Waals surface area contributed by atoms with Crippen molar-refractivity contribution in [3.63, 3.8) is 0 Å². The Labute approximate surface area is 107 Å². The van der Waals surface area contributed by atoms with Crippen LogP contribution in [0.4, 0.5) is 0 Å². The third-order valence-corrected chi connectivity index (χ3v) is 2.90. The van der Waals surface area contributed by atoms with Gasteiger partial charge in [0.25, 0.3) is 0 Å². The quantitative estimate of drug-likeness (QED) is 0.597. The lowest BCUT2D eigenvalue weighted by Gasteiger charge is -2.10. The highest BCUT2D eigenvalue weighted by atomic mass is 16.2. The molecule has 0 fully saturated rings. The molecule has 0 spiro atoms. The zero-order chi connectivity index (χ0) is 13.1. The van der Waals surface area contributed by atoms with E-state index in [0.29, 0.717) is 6.42 Å². The molecule has 0 aliphatic carbocycles. The highest BCUT2D eigenvalue weighted by Gasteiger charge is 2.01. The fraction of sp³-hybridized carbons (Fsp3) is 0.929. The summed E-state index contributed by atoms with van der Waals surface area (Å²) in [7, 11) is 3.61. The van der Waals surface area contributed by atoms with Gasteiger partial charge in [0.1, 0.15) is 0 Å². The lowest BCUT2D eigenvalue weighted by molar-refractivity contribution is -0.128. The van der Waals surface area contributed by atoms with Crippen LogP contribution < -0.4 is 5.32 Å². The Hall–Kier alpha value is -0.570. The maximum absolute atomic E-state index is 11.3. The predicted molar refractivity (Wildman–Crippen MR) is 74.1 cm³/mol. The molecule has 1 N–H and O–H groups in total. The molecule has 0 unspecified atom stereocenters. The molecule has 0 saturated heterocycles. The SMILES string of the molecule is CC(C)CCCCCCNCCC(=O)N(C)C. The number of nitrogens with zero attached hydrogens (tertiary/aromatic N) is 1. The lowest BCUT2D eigenvalue weighted by Crippen LogP contribution is -2.27. The Bertz CT molecular complexity index is 191. The van der Waals surface area contributed by atoms with Gasteiger partial charge in [0.15, 0.2) is 0 Å². The molecule has 102 valence electrons. The molecule has 0 atom stereocenters. The van der Waals surface area contributed by atoms with Crippen molar-refractivity contribution in [3.8, 4) is 0 Å². The molecular formula is C14H30N2O. The third-order valence-electron chi connectivity index (χ3n) is 2.90. The highest BCUT2D eigenvalue weighted by Crippen LogP contribution is 2.08. The molecule has 0 rings (SSSR count). The fourth-order valence-electron chi connectivity index (χ4n) is 1.70. The monoisotopic (exact) mass is 242 g/mol. The van der Waals surface area contributed by atoms with Gasteiger partial charge in [0.2, 0.25) is 5.91 Å². The van der Waals surface area contributed by atoms with Gasteiger partial charge in [-0.3, -0.25) is 4.79 Å². The lowest BCUT2D eigenvalue weighted by atomic mass is 10.0. The van der Waals surface area contributed by atoms with Gasteiger partial charge in [0.05, 0.1) is 0 Å². The number of nitrogens with one attached hydrogen (secondary N) is 1. The molecule has 0 bridgehead atoms. The summed E-state index contributed by atoms with van der Waals surface area (Å²) >= 11 is 0. The Morgan fingerprint density at radius 3 is 2.29 bits per heavy atom. The van der Waals surface area contributed by atoms with E-state index >= 15 is 0 Å². The van der Waals surface area contributed by atoms with Gasteiger partial charge in [-0.25, -0.2) is 0 Å². The van der Waals surface area contributed by atoms with E-state index < -0.39 is 0 Å². The molecule has 0 aromatic rings. The van der Waals surface area contributed by atoms with Crippen molar-refractivity contribution < 1.29 is 4.79 Å². The van der Waals surface area contributed by atoms with Crippen molar-refractivity contribution in [3.05, 3.63) is 0 Å².